The lowest BCUT2D eigenvalue weighted by molar-refractivity contribution is 0.112. The van der Waals surface area contributed by atoms with Gasteiger partial charge in [-0.3, -0.25) is 9.48 Å². The highest BCUT2D eigenvalue weighted by Crippen LogP contribution is 2.36. The molecule has 0 N–H and O–H groups in total. The number of carbonyl (C=O) groups excluding carboxylic acids is 1. The van der Waals surface area contributed by atoms with Crippen LogP contribution in [0.25, 0.3) is 0 Å². The third-order valence-electron chi connectivity index (χ3n) is 3.60. The SMILES string of the molecule is Cc1nn(C)c(N(C)C(C)C2CC2)c1C=O. The lowest BCUT2D eigenvalue weighted by Gasteiger charge is -2.27. The largest absolute Gasteiger partial charge is 0.356 e. The van der Waals surface area contributed by atoms with Crippen LogP contribution in [-0.4, -0.2) is 29.2 Å². The van der Waals surface area contributed by atoms with Crippen molar-refractivity contribution in [1.82, 2.24) is 9.78 Å². The van der Waals surface area contributed by atoms with Crippen molar-refractivity contribution < 1.29 is 4.79 Å². The van der Waals surface area contributed by atoms with Gasteiger partial charge in [0, 0.05) is 20.1 Å². The van der Waals surface area contributed by atoms with Crippen LogP contribution < -0.4 is 4.90 Å². The number of rotatable bonds is 4. The maximum absolute atomic E-state index is 11.1. The fourth-order valence-corrected chi connectivity index (χ4v) is 2.31. The molecule has 0 radical (unpaired) electrons. The highest BCUT2D eigenvalue weighted by atomic mass is 16.1. The minimum Gasteiger partial charge on any atom is -0.356 e. The molecule has 0 aromatic carbocycles. The number of aldehydes is 1. The molecule has 1 aliphatic carbocycles. The predicted octanol–water partition coefficient (Wildman–Crippen LogP) is 1.78. The average molecular weight is 221 g/mol. The molecule has 0 amide bonds. The molecule has 1 aromatic heterocycles. The summed E-state index contributed by atoms with van der Waals surface area (Å²) in [5, 5.41) is 4.31. The lowest BCUT2D eigenvalue weighted by Crippen LogP contribution is -2.32. The fourth-order valence-electron chi connectivity index (χ4n) is 2.31. The molecular weight excluding hydrogens is 202 g/mol. The molecule has 88 valence electrons. The van der Waals surface area contributed by atoms with Crippen LogP contribution in [0.5, 0.6) is 0 Å². The topological polar surface area (TPSA) is 38.1 Å². The molecule has 1 saturated carbocycles. The van der Waals surface area contributed by atoms with Crippen molar-refractivity contribution in [2.45, 2.75) is 32.7 Å². The van der Waals surface area contributed by atoms with E-state index in [9.17, 15) is 4.79 Å². The minimum atomic E-state index is 0.480. The van der Waals surface area contributed by atoms with Crippen molar-refractivity contribution in [3.63, 3.8) is 0 Å². The van der Waals surface area contributed by atoms with E-state index in [0.29, 0.717) is 6.04 Å². The monoisotopic (exact) mass is 221 g/mol. The second-order valence-electron chi connectivity index (χ2n) is 4.75. The summed E-state index contributed by atoms with van der Waals surface area (Å²) in [6.45, 7) is 4.09. The molecule has 0 bridgehead atoms. The number of nitrogens with zero attached hydrogens (tertiary/aromatic N) is 3. The Morgan fingerprint density at radius 2 is 2.19 bits per heavy atom. The van der Waals surface area contributed by atoms with Gasteiger partial charge < -0.3 is 4.90 Å². The number of hydrogen-bond donors (Lipinski definition) is 0. The van der Waals surface area contributed by atoms with E-state index in [0.717, 1.165) is 29.3 Å². The Morgan fingerprint density at radius 1 is 1.56 bits per heavy atom. The molecule has 1 heterocycles. The van der Waals surface area contributed by atoms with Crippen molar-refractivity contribution in [1.29, 1.82) is 0 Å². The first-order valence-electron chi connectivity index (χ1n) is 5.78. The van der Waals surface area contributed by atoms with Crippen LogP contribution >= 0.6 is 0 Å². The third-order valence-corrected chi connectivity index (χ3v) is 3.60. The Bertz CT molecular complexity index is 407. The summed E-state index contributed by atoms with van der Waals surface area (Å²) in [5.74, 6) is 1.71. The van der Waals surface area contributed by atoms with E-state index in [1.165, 1.54) is 12.8 Å². The average Bonchev–Trinajstić information content (AvgIpc) is 3.03. The van der Waals surface area contributed by atoms with Gasteiger partial charge in [0.2, 0.25) is 0 Å². The molecule has 2 rings (SSSR count). The second-order valence-corrected chi connectivity index (χ2v) is 4.75. The molecule has 4 nitrogen and oxygen atoms in total. The van der Waals surface area contributed by atoms with Crippen LogP contribution in [0.4, 0.5) is 5.82 Å². The zero-order valence-electron chi connectivity index (χ0n) is 10.4. The highest BCUT2D eigenvalue weighted by molar-refractivity contribution is 5.84. The summed E-state index contributed by atoms with van der Waals surface area (Å²) in [4.78, 5) is 13.3. The number of anilines is 1. The fraction of sp³-hybridized carbons (Fsp3) is 0.667. The number of aryl methyl sites for hydroxylation is 2. The number of aromatic nitrogens is 2. The van der Waals surface area contributed by atoms with Gasteiger partial charge in [0.05, 0.1) is 11.3 Å². The first-order chi connectivity index (χ1) is 7.56. The third kappa shape index (κ3) is 1.72. The Balaban J connectivity index is 2.33. The zero-order valence-corrected chi connectivity index (χ0v) is 10.4. The molecule has 1 aromatic rings. The Hall–Kier alpha value is -1.32. The van der Waals surface area contributed by atoms with Crippen molar-refractivity contribution in [2.24, 2.45) is 13.0 Å². The van der Waals surface area contributed by atoms with E-state index in [-0.39, 0.29) is 0 Å². The molecule has 0 aliphatic heterocycles. The number of carbonyl (C=O) groups is 1. The summed E-state index contributed by atoms with van der Waals surface area (Å²) in [6, 6.07) is 0.480. The molecule has 1 fully saturated rings. The summed E-state index contributed by atoms with van der Waals surface area (Å²) in [6.07, 6.45) is 3.52. The molecule has 1 aliphatic rings. The van der Waals surface area contributed by atoms with Crippen LogP contribution in [0.3, 0.4) is 0 Å². The van der Waals surface area contributed by atoms with Crippen LogP contribution in [0.15, 0.2) is 0 Å². The van der Waals surface area contributed by atoms with E-state index in [2.05, 4.69) is 16.9 Å². The normalized spacial score (nSPS) is 17.2. The standard InChI is InChI=1S/C12H19N3O/c1-8-11(7-16)12(15(4)13-8)14(3)9(2)10-5-6-10/h7,9-10H,5-6H2,1-4H3. The van der Waals surface area contributed by atoms with Crippen LogP contribution in [0.1, 0.15) is 35.8 Å². The van der Waals surface area contributed by atoms with E-state index in [1.807, 2.05) is 21.0 Å². The van der Waals surface area contributed by atoms with Gasteiger partial charge in [-0.1, -0.05) is 0 Å². The Labute approximate surface area is 96.2 Å². The van der Waals surface area contributed by atoms with Gasteiger partial charge >= 0.3 is 0 Å². The summed E-state index contributed by atoms with van der Waals surface area (Å²) < 4.78 is 1.80. The van der Waals surface area contributed by atoms with Gasteiger partial charge in [-0.15, -0.1) is 0 Å². The van der Waals surface area contributed by atoms with Crippen LogP contribution in [0.2, 0.25) is 0 Å². The van der Waals surface area contributed by atoms with E-state index >= 15 is 0 Å². The van der Waals surface area contributed by atoms with Crippen molar-refractivity contribution >= 4 is 12.1 Å². The highest BCUT2D eigenvalue weighted by Gasteiger charge is 2.32. The van der Waals surface area contributed by atoms with Gasteiger partial charge in [0.1, 0.15) is 5.82 Å². The van der Waals surface area contributed by atoms with Crippen molar-refractivity contribution in [3.05, 3.63) is 11.3 Å². The van der Waals surface area contributed by atoms with Gasteiger partial charge in [-0.2, -0.15) is 5.10 Å². The van der Waals surface area contributed by atoms with E-state index < -0.39 is 0 Å². The predicted molar refractivity (Wildman–Crippen MR) is 63.9 cm³/mol. The summed E-state index contributed by atoms with van der Waals surface area (Å²) in [5.41, 5.74) is 1.53. The molecule has 0 saturated heterocycles. The van der Waals surface area contributed by atoms with Gasteiger partial charge in [-0.05, 0) is 32.6 Å². The molecule has 16 heavy (non-hydrogen) atoms. The van der Waals surface area contributed by atoms with E-state index in [4.69, 9.17) is 0 Å². The minimum absolute atomic E-state index is 0.480. The van der Waals surface area contributed by atoms with Crippen LogP contribution in [-0.2, 0) is 7.05 Å². The smallest absolute Gasteiger partial charge is 0.155 e. The molecular formula is C12H19N3O. The lowest BCUT2D eigenvalue weighted by atomic mass is 10.1. The van der Waals surface area contributed by atoms with Gasteiger partial charge in [0.25, 0.3) is 0 Å². The van der Waals surface area contributed by atoms with Crippen molar-refractivity contribution in [2.75, 3.05) is 11.9 Å². The molecule has 1 atom stereocenters. The van der Waals surface area contributed by atoms with Gasteiger partial charge in [-0.25, -0.2) is 0 Å². The number of hydrogen-bond acceptors (Lipinski definition) is 3. The van der Waals surface area contributed by atoms with Crippen molar-refractivity contribution in [3.8, 4) is 0 Å². The Kier molecular flexibility index (Phi) is 2.74. The molecule has 4 heteroatoms. The summed E-state index contributed by atoms with van der Waals surface area (Å²) in [7, 11) is 3.94. The first-order valence-corrected chi connectivity index (χ1v) is 5.78. The van der Waals surface area contributed by atoms with Crippen LogP contribution in [0, 0.1) is 12.8 Å². The zero-order chi connectivity index (χ0) is 11.9. The van der Waals surface area contributed by atoms with E-state index in [1.54, 1.807) is 4.68 Å². The second kappa shape index (κ2) is 3.92. The molecule has 1 unspecified atom stereocenters. The summed E-state index contributed by atoms with van der Waals surface area (Å²) >= 11 is 0. The maximum atomic E-state index is 11.1. The Morgan fingerprint density at radius 3 is 2.69 bits per heavy atom. The maximum Gasteiger partial charge on any atom is 0.155 e. The molecule has 0 spiro atoms. The quantitative estimate of drug-likeness (QED) is 0.727. The van der Waals surface area contributed by atoms with Gasteiger partial charge in [0.15, 0.2) is 6.29 Å². The first kappa shape index (κ1) is 11.2.